The van der Waals surface area contributed by atoms with Crippen LogP contribution in [0.4, 0.5) is 4.79 Å². The van der Waals surface area contributed by atoms with E-state index in [-0.39, 0.29) is 6.03 Å². The van der Waals surface area contributed by atoms with Crippen LogP contribution in [0.15, 0.2) is 24.5 Å². The van der Waals surface area contributed by atoms with Crippen LogP contribution in [-0.2, 0) is 11.3 Å². The standard InChI is InChI=1S/C19H30N4O2/c1-21(2)18(24)22-10-6-19(7-11-22)12-17(14-25-3)23(15-19)13-16-4-8-20-9-5-16/h4-5,8-9,17H,6-7,10-15H2,1-3H3/t17-/m1/s1. The summed E-state index contributed by atoms with van der Waals surface area (Å²) in [4.78, 5) is 22.5. The highest BCUT2D eigenvalue weighted by atomic mass is 16.5. The quantitative estimate of drug-likeness (QED) is 0.837. The fourth-order valence-corrected chi connectivity index (χ4v) is 4.34. The van der Waals surface area contributed by atoms with Crippen molar-refractivity contribution in [3.05, 3.63) is 30.1 Å². The van der Waals surface area contributed by atoms with Crippen LogP contribution >= 0.6 is 0 Å². The number of ether oxygens (including phenoxy) is 1. The second-order valence-electron chi connectivity index (χ2n) is 7.74. The van der Waals surface area contributed by atoms with Crippen molar-refractivity contribution in [3.8, 4) is 0 Å². The Kier molecular flexibility index (Phi) is 5.59. The van der Waals surface area contributed by atoms with Crippen LogP contribution < -0.4 is 0 Å². The zero-order valence-electron chi connectivity index (χ0n) is 15.6. The summed E-state index contributed by atoms with van der Waals surface area (Å²) in [5.74, 6) is 0. The summed E-state index contributed by atoms with van der Waals surface area (Å²) in [5, 5.41) is 0. The fourth-order valence-electron chi connectivity index (χ4n) is 4.34. The number of nitrogens with zero attached hydrogens (tertiary/aromatic N) is 4. The Morgan fingerprint density at radius 2 is 2.00 bits per heavy atom. The largest absolute Gasteiger partial charge is 0.383 e. The van der Waals surface area contributed by atoms with E-state index >= 15 is 0 Å². The van der Waals surface area contributed by atoms with Crippen LogP contribution in [-0.4, -0.2) is 79.2 Å². The van der Waals surface area contributed by atoms with E-state index in [9.17, 15) is 4.79 Å². The summed E-state index contributed by atoms with van der Waals surface area (Å²) in [6.07, 6.45) is 7.05. The zero-order chi connectivity index (χ0) is 17.9. The number of piperidine rings is 1. The number of urea groups is 1. The molecule has 0 N–H and O–H groups in total. The number of methoxy groups -OCH3 is 1. The predicted molar refractivity (Wildman–Crippen MR) is 97.3 cm³/mol. The van der Waals surface area contributed by atoms with Crippen LogP contribution in [0, 0.1) is 5.41 Å². The molecule has 1 aromatic rings. The molecule has 0 aromatic carbocycles. The monoisotopic (exact) mass is 346 g/mol. The van der Waals surface area contributed by atoms with Gasteiger partial charge in [-0.1, -0.05) is 0 Å². The molecule has 2 aliphatic rings. The van der Waals surface area contributed by atoms with E-state index in [1.54, 1.807) is 12.0 Å². The van der Waals surface area contributed by atoms with Crippen LogP contribution in [0.3, 0.4) is 0 Å². The first-order chi connectivity index (χ1) is 12.0. The summed E-state index contributed by atoms with van der Waals surface area (Å²) in [6, 6.07) is 4.77. The number of carbonyl (C=O) groups is 1. The number of pyridine rings is 1. The smallest absolute Gasteiger partial charge is 0.319 e. The molecule has 3 heterocycles. The Hall–Kier alpha value is -1.66. The molecular formula is C19H30N4O2. The summed E-state index contributed by atoms with van der Waals surface area (Å²) in [6.45, 7) is 4.53. The molecule has 0 bridgehead atoms. The van der Waals surface area contributed by atoms with E-state index in [0.717, 1.165) is 52.0 Å². The lowest BCUT2D eigenvalue weighted by Crippen LogP contribution is -2.47. The van der Waals surface area contributed by atoms with Gasteiger partial charge in [0.05, 0.1) is 6.61 Å². The molecule has 2 aliphatic heterocycles. The van der Waals surface area contributed by atoms with Crippen LogP contribution in [0.2, 0.25) is 0 Å². The predicted octanol–water partition coefficient (Wildman–Crippen LogP) is 2.07. The van der Waals surface area contributed by atoms with Crippen molar-refractivity contribution in [2.45, 2.75) is 31.8 Å². The molecule has 3 rings (SSSR count). The number of likely N-dealkylation sites (tertiary alicyclic amines) is 2. The van der Waals surface area contributed by atoms with Crippen molar-refractivity contribution >= 4 is 6.03 Å². The molecule has 0 saturated carbocycles. The molecule has 25 heavy (non-hydrogen) atoms. The number of rotatable bonds is 4. The highest BCUT2D eigenvalue weighted by Gasteiger charge is 2.45. The van der Waals surface area contributed by atoms with Crippen LogP contribution in [0.5, 0.6) is 0 Å². The summed E-state index contributed by atoms with van der Waals surface area (Å²) in [7, 11) is 5.44. The third-order valence-corrected chi connectivity index (χ3v) is 5.69. The molecule has 2 saturated heterocycles. The second kappa shape index (κ2) is 7.70. The van der Waals surface area contributed by atoms with E-state index in [1.165, 1.54) is 5.56 Å². The maximum absolute atomic E-state index is 12.2. The van der Waals surface area contributed by atoms with Crippen molar-refractivity contribution in [3.63, 3.8) is 0 Å². The van der Waals surface area contributed by atoms with E-state index in [0.29, 0.717) is 11.5 Å². The highest BCUT2D eigenvalue weighted by Crippen LogP contribution is 2.44. The molecule has 1 spiro atoms. The third-order valence-electron chi connectivity index (χ3n) is 5.69. The molecule has 2 amide bonds. The lowest BCUT2D eigenvalue weighted by atomic mass is 9.76. The molecule has 6 nitrogen and oxygen atoms in total. The minimum atomic E-state index is 0.134. The molecule has 1 aromatic heterocycles. The van der Waals surface area contributed by atoms with Gasteiger partial charge in [-0.25, -0.2) is 4.79 Å². The van der Waals surface area contributed by atoms with Gasteiger partial charge in [-0.05, 0) is 42.4 Å². The molecule has 0 unspecified atom stereocenters. The van der Waals surface area contributed by atoms with Crippen molar-refractivity contribution in [2.24, 2.45) is 5.41 Å². The molecular weight excluding hydrogens is 316 g/mol. The van der Waals surface area contributed by atoms with Gasteiger partial charge in [-0.15, -0.1) is 0 Å². The zero-order valence-corrected chi connectivity index (χ0v) is 15.6. The normalized spacial score (nSPS) is 23.2. The van der Waals surface area contributed by atoms with Gasteiger partial charge in [-0.3, -0.25) is 9.88 Å². The minimum Gasteiger partial charge on any atom is -0.383 e. The van der Waals surface area contributed by atoms with Gasteiger partial charge in [-0.2, -0.15) is 0 Å². The summed E-state index contributed by atoms with van der Waals surface area (Å²) in [5.41, 5.74) is 1.62. The number of hydrogen-bond acceptors (Lipinski definition) is 4. The van der Waals surface area contributed by atoms with Gasteiger partial charge in [0.25, 0.3) is 0 Å². The molecule has 6 heteroatoms. The van der Waals surface area contributed by atoms with Gasteiger partial charge in [0.1, 0.15) is 0 Å². The molecule has 2 fully saturated rings. The lowest BCUT2D eigenvalue weighted by Gasteiger charge is -2.40. The molecule has 1 atom stereocenters. The molecule has 138 valence electrons. The van der Waals surface area contributed by atoms with Crippen molar-refractivity contribution in [1.29, 1.82) is 0 Å². The Morgan fingerprint density at radius 3 is 2.60 bits per heavy atom. The van der Waals surface area contributed by atoms with E-state index in [4.69, 9.17) is 4.74 Å². The van der Waals surface area contributed by atoms with Crippen molar-refractivity contribution in [1.82, 2.24) is 19.7 Å². The van der Waals surface area contributed by atoms with Gasteiger partial charge in [0, 0.05) is 65.8 Å². The number of carbonyl (C=O) groups excluding carboxylic acids is 1. The van der Waals surface area contributed by atoms with Gasteiger partial charge in [0.2, 0.25) is 0 Å². The van der Waals surface area contributed by atoms with Gasteiger partial charge >= 0.3 is 6.03 Å². The lowest BCUT2D eigenvalue weighted by molar-refractivity contribution is 0.105. The fraction of sp³-hybridized carbons (Fsp3) is 0.684. The Balaban J connectivity index is 1.65. The van der Waals surface area contributed by atoms with Crippen LogP contribution in [0.1, 0.15) is 24.8 Å². The summed E-state index contributed by atoms with van der Waals surface area (Å²) < 4.78 is 5.49. The Bertz CT molecular complexity index is 570. The van der Waals surface area contributed by atoms with Crippen molar-refractivity contribution < 1.29 is 9.53 Å². The molecule has 0 aliphatic carbocycles. The summed E-state index contributed by atoms with van der Waals surface area (Å²) >= 11 is 0. The maximum atomic E-state index is 12.2. The minimum absolute atomic E-state index is 0.134. The number of aromatic nitrogens is 1. The van der Waals surface area contributed by atoms with Gasteiger partial charge < -0.3 is 14.5 Å². The highest BCUT2D eigenvalue weighted by molar-refractivity contribution is 5.73. The van der Waals surface area contributed by atoms with E-state index < -0.39 is 0 Å². The first-order valence-electron chi connectivity index (χ1n) is 9.11. The van der Waals surface area contributed by atoms with Crippen LogP contribution in [0.25, 0.3) is 0 Å². The first kappa shape index (κ1) is 18.1. The maximum Gasteiger partial charge on any atom is 0.319 e. The number of amides is 2. The molecule has 0 radical (unpaired) electrons. The third kappa shape index (κ3) is 4.12. The Morgan fingerprint density at radius 1 is 1.32 bits per heavy atom. The van der Waals surface area contributed by atoms with E-state index in [1.807, 2.05) is 31.4 Å². The number of hydrogen-bond donors (Lipinski definition) is 0. The second-order valence-corrected chi connectivity index (χ2v) is 7.74. The first-order valence-corrected chi connectivity index (χ1v) is 9.11. The Labute approximate surface area is 150 Å². The topological polar surface area (TPSA) is 48.9 Å². The average Bonchev–Trinajstić information content (AvgIpc) is 2.93. The van der Waals surface area contributed by atoms with Gasteiger partial charge in [0.15, 0.2) is 0 Å². The SMILES string of the molecule is COC[C@H]1CC2(CCN(C(=O)N(C)C)CC2)CN1Cc1ccncc1. The average molecular weight is 346 g/mol. The van der Waals surface area contributed by atoms with E-state index in [2.05, 4.69) is 22.0 Å². The van der Waals surface area contributed by atoms with Crippen molar-refractivity contribution in [2.75, 3.05) is 47.4 Å².